The molecule has 0 saturated carbocycles. The predicted molar refractivity (Wildman–Crippen MR) is 108 cm³/mol. The molecule has 152 valence electrons. The van der Waals surface area contributed by atoms with Crippen LogP contribution < -0.4 is 16.9 Å². The van der Waals surface area contributed by atoms with Crippen molar-refractivity contribution >= 4 is 11.8 Å². The van der Waals surface area contributed by atoms with E-state index < -0.39 is 17.9 Å². The van der Waals surface area contributed by atoms with Crippen molar-refractivity contribution in [2.75, 3.05) is 19.7 Å². The average Bonchev–Trinajstić information content (AvgIpc) is 2.74. The van der Waals surface area contributed by atoms with E-state index >= 15 is 0 Å². The van der Waals surface area contributed by atoms with E-state index in [1.165, 1.54) is 0 Å². The summed E-state index contributed by atoms with van der Waals surface area (Å²) in [6.45, 7) is 0.466. The number of benzene rings is 2. The monoisotopic (exact) mass is 396 g/mol. The fourth-order valence-electron chi connectivity index (χ4n) is 2.76. The molecular weight excluding hydrogens is 372 g/mol. The Labute approximate surface area is 169 Å². The molecule has 1 atom stereocenters. The van der Waals surface area contributed by atoms with Gasteiger partial charge in [-0.25, -0.2) is 5.48 Å². The van der Waals surface area contributed by atoms with E-state index in [1.807, 2.05) is 24.3 Å². The van der Waals surface area contributed by atoms with Gasteiger partial charge in [-0.15, -0.1) is 0 Å². The predicted octanol–water partition coefficient (Wildman–Crippen LogP) is -0.188. The second-order valence-electron chi connectivity index (χ2n) is 6.31. The lowest BCUT2D eigenvalue weighted by Crippen LogP contribution is -2.50. The highest BCUT2D eigenvalue weighted by Gasteiger charge is 2.24. The van der Waals surface area contributed by atoms with Crippen molar-refractivity contribution in [2.45, 2.75) is 12.6 Å². The van der Waals surface area contributed by atoms with Gasteiger partial charge in [-0.1, -0.05) is 24.0 Å². The number of nitrogens with two attached hydrogens (primary N) is 2. The minimum Gasteiger partial charge on any atom is -0.395 e. The highest BCUT2D eigenvalue weighted by atomic mass is 16.5. The van der Waals surface area contributed by atoms with Crippen LogP contribution >= 0.6 is 0 Å². The van der Waals surface area contributed by atoms with Crippen molar-refractivity contribution in [3.8, 4) is 11.8 Å². The van der Waals surface area contributed by atoms with E-state index in [0.29, 0.717) is 12.1 Å². The SMILES string of the molecule is NC[C@@H](C(=O)NO)N(CCO)Cc1ccc(C#Cc2ccc(C(N)=O)cc2)cc1. The molecule has 0 saturated heterocycles. The fraction of sp³-hybridized carbons (Fsp3) is 0.238. The molecule has 0 radical (unpaired) electrons. The van der Waals surface area contributed by atoms with Crippen LogP contribution in [0.2, 0.25) is 0 Å². The molecule has 0 aromatic heterocycles. The molecule has 0 aliphatic rings. The van der Waals surface area contributed by atoms with Gasteiger partial charge in [0.1, 0.15) is 6.04 Å². The summed E-state index contributed by atoms with van der Waals surface area (Å²) >= 11 is 0. The number of hydrogen-bond donors (Lipinski definition) is 5. The molecule has 0 fully saturated rings. The standard InChI is InChI=1S/C21H24N4O4/c22-13-19(21(28)24-29)25(11-12-26)14-17-5-3-15(4-6-17)1-2-16-7-9-18(10-8-16)20(23)27/h3-10,19,26,29H,11-14,22H2,(H2,23,27)(H,24,28)/t19-/m0/s1. The number of nitrogens with one attached hydrogen (secondary N) is 1. The van der Waals surface area contributed by atoms with E-state index in [2.05, 4.69) is 11.8 Å². The Hall–Kier alpha value is -3.22. The van der Waals surface area contributed by atoms with Crippen LogP contribution in [0.4, 0.5) is 0 Å². The second kappa shape index (κ2) is 10.9. The van der Waals surface area contributed by atoms with Crippen LogP contribution in [0.3, 0.4) is 0 Å². The molecular formula is C21H24N4O4. The van der Waals surface area contributed by atoms with Gasteiger partial charge >= 0.3 is 0 Å². The Morgan fingerprint density at radius 2 is 1.59 bits per heavy atom. The third-order valence-electron chi connectivity index (χ3n) is 4.32. The molecule has 0 heterocycles. The zero-order valence-corrected chi connectivity index (χ0v) is 15.8. The molecule has 0 aliphatic heterocycles. The first kappa shape index (κ1) is 22.1. The van der Waals surface area contributed by atoms with Gasteiger partial charge in [0.05, 0.1) is 6.61 Å². The van der Waals surface area contributed by atoms with Crippen molar-refractivity contribution in [3.05, 3.63) is 70.8 Å². The lowest BCUT2D eigenvalue weighted by molar-refractivity contribution is -0.135. The summed E-state index contributed by atoms with van der Waals surface area (Å²) < 4.78 is 0. The molecule has 29 heavy (non-hydrogen) atoms. The van der Waals surface area contributed by atoms with E-state index in [0.717, 1.165) is 16.7 Å². The van der Waals surface area contributed by atoms with Crippen molar-refractivity contribution < 1.29 is 19.9 Å². The van der Waals surface area contributed by atoms with Gasteiger partial charge in [0.15, 0.2) is 0 Å². The Morgan fingerprint density at radius 3 is 2.03 bits per heavy atom. The van der Waals surface area contributed by atoms with E-state index in [4.69, 9.17) is 16.7 Å². The van der Waals surface area contributed by atoms with Gasteiger partial charge in [-0.3, -0.25) is 19.7 Å². The minimum atomic E-state index is -0.755. The van der Waals surface area contributed by atoms with Crippen LogP contribution in [0.5, 0.6) is 0 Å². The fourth-order valence-corrected chi connectivity index (χ4v) is 2.76. The van der Waals surface area contributed by atoms with Gasteiger partial charge in [0, 0.05) is 36.3 Å². The van der Waals surface area contributed by atoms with Crippen LogP contribution in [0.15, 0.2) is 48.5 Å². The molecule has 0 unspecified atom stereocenters. The lowest BCUT2D eigenvalue weighted by atomic mass is 10.1. The third kappa shape index (κ3) is 6.41. The Morgan fingerprint density at radius 1 is 1.03 bits per heavy atom. The number of nitrogens with zero attached hydrogens (tertiary/aromatic N) is 1. The van der Waals surface area contributed by atoms with E-state index in [-0.39, 0.29) is 19.7 Å². The number of amides is 2. The molecule has 0 spiro atoms. The van der Waals surface area contributed by atoms with Crippen molar-refractivity contribution in [1.29, 1.82) is 0 Å². The molecule has 7 N–H and O–H groups in total. The average molecular weight is 396 g/mol. The molecule has 0 bridgehead atoms. The first-order chi connectivity index (χ1) is 14.0. The molecule has 0 aliphatic carbocycles. The second-order valence-corrected chi connectivity index (χ2v) is 6.31. The smallest absolute Gasteiger partial charge is 0.261 e. The molecule has 8 heteroatoms. The summed E-state index contributed by atoms with van der Waals surface area (Å²) in [5.41, 5.74) is 15.3. The van der Waals surface area contributed by atoms with Gasteiger partial charge < -0.3 is 16.6 Å². The number of aliphatic hydroxyl groups is 1. The van der Waals surface area contributed by atoms with Crippen LogP contribution in [0.25, 0.3) is 0 Å². The van der Waals surface area contributed by atoms with Crippen molar-refractivity contribution in [1.82, 2.24) is 10.4 Å². The number of primary amides is 1. The summed E-state index contributed by atoms with van der Waals surface area (Å²) in [5.74, 6) is 4.95. The highest BCUT2D eigenvalue weighted by molar-refractivity contribution is 5.92. The van der Waals surface area contributed by atoms with Gasteiger partial charge in [0.2, 0.25) is 5.91 Å². The van der Waals surface area contributed by atoms with Gasteiger partial charge in [-0.2, -0.15) is 0 Å². The number of carbonyl (C=O) groups is 2. The van der Waals surface area contributed by atoms with Gasteiger partial charge in [0.25, 0.3) is 5.91 Å². The zero-order valence-electron chi connectivity index (χ0n) is 15.8. The summed E-state index contributed by atoms with van der Waals surface area (Å²) in [4.78, 5) is 24.5. The summed E-state index contributed by atoms with van der Waals surface area (Å²) in [7, 11) is 0. The van der Waals surface area contributed by atoms with Gasteiger partial charge in [-0.05, 0) is 42.0 Å². The maximum absolute atomic E-state index is 11.8. The molecule has 2 aromatic carbocycles. The van der Waals surface area contributed by atoms with Crippen LogP contribution in [-0.2, 0) is 11.3 Å². The van der Waals surface area contributed by atoms with Crippen LogP contribution in [0, 0.1) is 11.8 Å². The maximum Gasteiger partial charge on any atom is 0.261 e. The molecule has 2 rings (SSSR count). The van der Waals surface area contributed by atoms with Crippen LogP contribution in [-0.4, -0.2) is 52.8 Å². The summed E-state index contributed by atoms with van der Waals surface area (Å²) in [6.07, 6.45) is 0. The maximum atomic E-state index is 11.8. The Bertz CT molecular complexity index is 886. The Balaban J connectivity index is 2.09. The molecule has 8 nitrogen and oxygen atoms in total. The largest absolute Gasteiger partial charge is 0.395 e. The summed E-state index contributed by atoms with van der Waals surface area (Å²) in [6, 6.07) is 13.4. The number of aliphatic hydroxyl groups excluding tert-OH is 1. The molecule has 2 amide bonds. The van der Waals surface area contributed by atoms with E-state index in [9.17, 15) is 14.7 Å². The first-order valence-corrected chi connectivity index (χ1v) is 8.98. The topological polar surface area (TPSA) is 142 Å². The Kier molecular flexibility index (Phi) is 8.33. The number of hydroxylamine groups is 1. The highest BCUT2D eigenvalue weighted by Crippen LogP contribution is 2.10. The van der Waals surface area contributed by atoms with Crippen molar-refractivity contribution in [3.63, 3.8) is 0 Å². The lowest BCUT2D eigenvalue weighted by Gasteiger charge is -2.28. The first-order valence-electron chi connectivity index (χ1n) is 8.98. The quantitative estimate of drug-likeness (QED) is 0.238. The number of rotatable bonds is 8. The van der Waals surface area contributed by atoms with E-state index in [1.54, 1.807) is 34.6 Å². The number of hydrogen-bond acceptors (Lipinski definition) is 6. The zero-order chi connectivity index (χ0) is 21.2. The normalized spacial score (nSPS) is 11.4. The minimum absolute atomic E-state index is 0.00446. The summed E-state index contributed by atoms with van der Waals surface area (Å²) in [5, 5.41) is 18.1. The molecule has 2 aromatic rings. The third-order valence-corrected chi connectivity index (χ3v) is 4.32. The number of carbonyl (C=O) groups excluding carboxylic acids is 2. The van der Waals surface area contributed by atoms with Crippen LogP contribution in [0.1, 0.15) is 27.0 Å². The van der Waals surface area contributed by atoms with Crippen molar-refractivity contribution in [2.24, 2.45) is 11.5 Å².